The predicted octanol–water partition coefficient (Wildman–Crippen LogP) is 2.19. The molecule has 1 aromatic rings. The van der Waals surface area contributed by atoms with E-state index in [2.05, 4.69) is 31.0 Å². The number of hydrogen-bond acceptors (Lipinski definition) is 4. The maximum absolute atomic E-state index is 6.24. The summed E-state index contributed by atoms with van der Waals surface area (Å²) >= 11 is 0. The van der Waals surface area contributed by atoms with Crippen LogP contribution in [0.3, 0.4) is 0 Å². The fourth-order valence-electron chi connectivity index (χ4n) is 3.03. The van der Waals surface area contributed by atoms with Crippen LogP contribution in [0.25, 0.3) is 0 Å². The smallest absolute Gasteiger partial charge is 0.118 e. The van der Waals surface area contributed by atoms with Crippen molar-refractivity contribution in [1.29, 1.82) is 0 Å². The summed E-state index contributed by atoms with van der Waals surface area (Å²) < 4.78 is 10.7. The summed E-state index contributed by atoms with van der Waals surface area (Å²) in [4.78, 5) is 2.41. The highest BCUT2D eigenvalue weighted by atomic mass is 16.5. The van der Waals surface area contributed by atoms with Crippen molar-refractivity contribution in [3.63, 3.8) is 0 Å². The number of rotatable bonds is 5. The van der Waals surface area contributed by atoms with Crippen molar-refractivity contribution < 1.29 is 9.47 Å². The summed E-state index contributed by atoms with van der Waals surface area (Å²) in [6.45, 7) is 3.78. The van der Waals surface area contributed by atoms with Gasteiger partial charge in [0.25, 0.3) is 0 Å². The van der Waals surface area contributed by atoms with Crippen LogP contribution in [-0.2, 0) is 4.74 Å². The van der Waals surface area contributed by atoms with Crippen LogP contribution in [-0.4, -0.2) is 44.4 Å². The maximum Gasteiger partial charge on any atom is 0.118 e. The summed E-state index contributed by atoms with van der Waals surface area (Å²) in [6, 6.07) is 9.08. The van der Waals surface area contributed by atoms with Crippen molar-refractivity contribution in [2.45, 2.75) is 37.9 Å². The molecular weight excluding hydrogens is 252 g/mol. The Hall–Kier alpha value is -1.10. The van der Waals surface area contributed by atoms with E-state index in [1.165, 1.54) is 5.56 Å². The third kappa shape index (κ3) is 3.51. The molecule has 0 aromatic heterocycles. The van der Waals surface area contributed by atoms with Crippen molar-refractivity contribution in [2.24, 2.45) is 5.73 Å². The molecule has 1 aliphatic heterocycles. The van der Waals surface area contributed by atoms with E-state index in [0.717, 1.165) is 31.8 Å². The molecule has 1 saturated heterocycles. The minimum Gasteiger partial charge on any atom is -0.497 e. The number of benzene rings is 1. The van der Waals surface area contributed by atoms with Gasteiger partial charge in [-0.25, -0.2) is 0 Å². The molecule has 20 heavy (non-hydrogen) atoms. The van der Waals surface area contributed by atoms with Crippen LogP contribution in [0.1, 0.15) is 31.4 Å². The zero-order valence-electron chi connectivity index (χ0n) is 12.7. The highest BCUT2D eigenvalue weighted by molar-refractivity contribution is 5.30. The van der Waals surface area contributed by atoms with Crippen LogP contribution < -0.4 is 10.5 Å². The van der Waals surface area contributed by atoms with Crippen molar-refractivity contribution in [3.05, 3.63) is 29.8 Å². The lowest BCUT2D eigenvalue weighted by Gasteiger charge is -2.39. The third-order valence-corrected chi connectivity index (χ3v) is 4.16. The number of nitrogens with zero attached hydrogens (tertiary/aromatic N) is 1. The van der Waals surface area contributed by atoms with Crippen LogP contribution >= 0.6 is 0 Å². The standard InChI is InChI=1S/C16H26N2O2/c1-12(17)16(13-4-6-15(19-3)7-5-13)18(2)14-8-10-20-11-9-14/h4-7,12,14,16H,8-11,17H2,1-3H3. The molecule has 0 spiro atoms. The summed E-state index contributed by atoms with van der Waals surface area (Å²) in [7, 11) is 3.86. The lowest BCUT2D eigenvalue weighted by Crippen LogP contribution is -2.45. The molecule has 1 aromatic carbocycles. The van der Waals surface area contributed by atoms with E-state index in [1.54, 1.807) is 7.11 Å². The third-order valence-electron chi connectivity index (χ3n) is 4.16. The summed E-state index contributed by atoms with van der Waals surface area (Å²) in [5, 5.41) is 0. The fraction of sp³-hybridized carbons (Fsp3) is 0.625. The van der Waals surface area contributed by atoms with E-state index in [9.17, 15) is 0 Å². The van der Waals surface area contributed by atoms with Crippen molar-refractivity contribution >= 4 is 0 Å². The Morgan fingerprint density at radius 2 is 1.85 bits per heavy atom. The largest absolute Gasteiger partial charge is 0.497 e. The average Bonchev–Trinajstić information content (AvgIpc) is 2.48. The van der Waals surface area contributed by atoms with Crippen molar-refractivity contribution in [2.75, 3.05) is 27.4 Å². The first-order valence-corrected chi connectivity index (χ1v) is 7.32. The lowest BCUT2D eigenvalue weighted by molar-refractivity contribution is 0.0246. The van der Waals surface area contributed by atoms with Crippen LogP contribution in [0.4, 0.5) is 0 Å². The zero-order valence-corrected chi connectivity index (χ0v) is 12.7. The van der Waals surface area contributed by atoms with E-state index in [4.69, 9.17) is 15.2 Å². The van der Waals surface area contributed by atoms with Crippen LogP contribution in [0.5, 0.6) is 5.75 Å². The molecule has 2 rings (SSSR count). The quantitative estimate of drug-likeness (QED) is 0.897. The molecule has 112 valence electrons. The Bertz CT molecular complexity index is 399. The first kappa shape index (κ1) is 15.3. The molecule has 4 nitrogen and oxygen atoms in total. The highest BCUT2D eigenvalue weighted by Crippen LogP contribution is 2.28. The van der Waals surface area contributed by atoms with Gasteiger partial charge in [0.05, 0.1) is 7.11 Å². The predicted molar refractivity (Wildman–Crippen MR) is 81.0 cm³/mol. The Morgan fingerprint density at radius 1 is 1.25 bits per heavy atom. The SMILES string of the molecule is COc1ccc(C(C(C)N)N(C)C2CCOCC2)cc1. The van der Waals surface area contributed by atoms with E-state index in [1.807, 2.05) is 12.1 Å². The molecule has 2 unspecified atom stereocenters. The number of hydrogen-bond donors (Lipinski definition) is 1. The molecule has 0 radical (unpaired) electrons. The van der Waals surface area contributed by atoms with Gasteiger partial charge in [-0.2, -0.15) is 0 Å². The zero-order chi connectivity index (χ0) is 14.5. The Morgan fingerprint density at radius 3 is 2.35 bits per heavy atom. The van der Waals surface area contributed by atoms with Gasteiger partial charge < -0.3 is 15.2 Å². The molecular formula is C16H26N2O2. The topological polar surface area (TPSA) is 47.7 Å². The molecule has 1 fully saturated rings. The molecule has 1 aliphatic rings. The molecule has 2 atom stereocenters. The minimum atomic E-state index is 0.0799. The molecule has 0 bridgehead atoms. The van der Waals surface area contributed by atoms with Gasteiger partial charge in [0.1, 0.15) is 5.75 Å². The molecule has 4 heteroatoms. The molecule has 0 aliphatic carbocycles. The normalized spacial score (nSPS) is 19.9. The fourth-order valence-corrected chi connectivity index (χ4v) is 3.03. The molecule has 2 N–H and O–H groups in total. The molecule has 1 heterocycles. The monoisotopic (exact) mass is 278 g/mol. The van der Waals surface area contributed by atoms with Gasteiger partial charge in [-0.05, 0) is 44.5 Å². The van der Waals surface area contributed by atoms with Gasteiger partial charge in [0.2, 0.25) is 0 Å². The van der Waals surface area contributed by atoms with E-state index in [-0.39, 0.29) is 12.1 Å². The van der Waals surface area contributed by atoms with Crippen molar-refractivity contribution in [1.82, 2.24) is 4.90 Å². The second kappa shape index (κ2) is 7.07. The average molecular weight is 278 g/mol. The van der Waals surface area contributed by atoms with Crippen LogP contribution in [0.2, 0.25) is 0 Å². The van der Waals surface area contributed by atoms with E-state index < -0.39 is 0 Å². The van der Waals surface area contributed by atoms with Gasteiger partial charge in [-0.15, -0.1) is 0 Å². The molecule has 0 saturated carbocycles. The second-order valence-electron chi connectivity index (χ2n) is 5.59. The highest BCUT2D eigenvalue weighted by Gasteiger charge is 2.28. The summed E-state index contributed by atoms with van der Waals surface area (Å²) in [6.07, 6.45) is 2.16. The van der Waals surface area contributed by atoms with Gasteiger partial charge in [0, 0.05) is 31.3 Å². The maximum atomic E-state index is 6.24. The Balaban J connectivity index is 2.16. The van der Waals surface area contributed by atoms with Gasteiger partial charge >= 0.3 is 0 Å². The van der Waals surface area contributed by atoms with Crippen LogP contribution in [0.15, 0.2) is 24.3 Å². The van der Waals surface area contributed by atoms with E-state index in [0.29, 0.717) is 6.04 Å². The van der Waals surface area contributed by atoms with Gasteiger partial charge in [-0.3, -0.25) is 4.90 Å². The van der Waals surface area contributed by atoms with Crippen LogP contribution in [0, 0.1) is 0 Å². The van der Waals surface area contributed by atoms with Gasteiger partial charge in [0.15, 0.2) is 0 Å². The minimum absolute atomic E-state index is 0.0799. The van der Waals surface area contributed by atoms with Gasteiger partial charge in [-0.1, -0.05) is 12.1 Å². The summed E-state index contributed by atoms with van der Waals surface area (Å²) in [5.74, 6) is 0.880. The first-order chi connectivity index (χ1) is 9.63. The van der Waals surface area contributed by atoms with E-state index >= 15 is 0 Å². The number of likely N-dealkylation sites (N-methyl/N-ethyl adjacent to an activating group) is 1. The number of nitrogens with two attached hydrogens (primary N) is 1. The molecule has 0 amide bonds. The summed E-state index contributed by atoms with van der Waals surface area (Å²) in [5.41, 5.74) is 7.49. The second-order valence-corrected chi connectivity index (χ2v) is 5.59. The first-order valence-electron chi connectivity index (χ1n) is 7.32. The number of methoxy groups -OCH3 is 1. The Labute approximate surface area is 121 Å². The Kier molecular flexibility index (Phi) is 5.40. The number of ether oxygens (including phenoxy) is 2. The van der Waals surface area contributed by atoms with Crippen molar-refractivity contribution in [3.8, 4) is 5.75 Å². The lowest BCUT2D eigenvalue weighted by atomic mass is 9.96.